The molecule has 1 atom stereocenters. The maximum Gasteiger partial charge on any atom is 0.308 e. The lowest BCUT2D eigenvalue weighted by atomic mass is 9.95. The molecule has 0 aromatic carbocycles. The van der Waals surface area contributed by atoms with Gasteiger partial charge in [-0.25, -0.2) is 4.98 Å². The number of carbonyl (C=O) groups is 2. The minimum absolute atomic E-state index is 0.00825. The predicted octanol–water partition coefficient (Wildman–Crippen LogP) is 1.88. The van der Waals surface area contributed by atoms with Crippen molar-refractivity contribution in [3.63, 3.8) is 0 Å². The highest BCUT2D eigenvalue weighted by Crippen LogP contribution is 2.26. The highest BCUT2D eigenvalue weighted by Gasteiger charge is 2.35. The Morgan fingerprint density at radius 1 is 1.13 bits per heavy atom. The molecule has 2 aliphatic rings. The summed E-state index contributed by atoms with van der Waals surface area (Å²) in [5, 5.41) is 9.65. The van der Waals surface area contributed by atoms with Crippen LogP contribution in [0.5, 0.6) is 0 Å². The van der Waals surface area contributed by atoms with Gasteiger partial charge in [0.15, 0.2) is 0 Å². The highest BCUT2D eigenvalue weighted by molar-refractivity contribution is 6.30. The third-order valence-electron chi connectivity index (χ3n) is 4.73. The van der Waals surface area contributed by atoms with E-state index in [1.54, 1.807) is 11.1 Å². The van der Waals surface area contributed by atoms with E-state index in [4.69, 9.17) is 16.7 Å². The summed E-state index contributed by atoms with van der Waals surface area (Å²) in [6, 6.07) is 3.71. The summed E-state index contributed by atoms with van der Waals surface area (Å²) in [4.78, 5) is 31.7. The van der Waals surface area contributed by atoms with E-state index in [1.807, 2.05) is 12.1 Å². The molecular formula is C16H20ClN3O3. The van der Waals surface area contributed by atoms with E-state index >= 15 is 0 Å². The number of piperidine rings is 1. The summed E-state index contributed by atoms with van der Waals surface area (Å²) in [6.45, 7) is 2.48. The number of hydrogen-bond donors (Lipinski definition) is 1. The largest absolute Gasteiger partial charge is 0.481 e. The van der Waals surface area contributed by atoms with Gasteiger partial charge in [0.2, 0.25) is 5.91 Å². The molecule has 1 aromatic rings. The summed E-state index contributed by atoms with van der Waals surface area (Å²) in [5.41, 5.74) is 0. The minimum atomic E-state index is -0.802. The van der Waals surface area contributed by atoms with E-state index in [9.17, 15) is 9.59 Å². The Morgan fingerprint density at radius 3 is 2.39 bits per heavy atom. The lowest BCUT2D eigenvalue weighted by Gasteiger charge is -2.33. The van der Waals surface area contributed by atoms with Gasteiger partial charge in [-0.2, -0.15) is 0 Å². The topological polar surface area (TPSA) is 73.7 Å². The predicted molar refractivity (Wildman–Crippen MR) is 86.5 cm³/mol. The molecule has 23 heavy (non-hydrogen) atoms. The molecule has 2 aliphatic heterocycles. The average molecular weight is 338 g/mol. The molecule has 0 aliphatic carbocycles. The number of likely N-dealkylation sites (tertiary alicyclic amines) is 1. The maximum absolute atomic E-state index is 12.5. The monoisotopic (exact) mass is 337 g/mol. The Morgan fingerprint density at radius 2 is 1.83 bits per heavy atom. The molecule has 1 aromatic heterocycles. The number of pyridine rings is 1. The Hall–Kier alpha value is -1.82. The molecule has 7 heteroatoms. The van der Waals surface area contributed by atoms with E-state index in [0.717, 1.165) is 31.7 Å². The van der Waals surface area contributed by atoms with Crippen LogP contribution >= 0.6 is 11.6 Å². The van der Waals surface area contributed by atoms with Gasteiger partial charge in [0, 0.05) is 38.3 Å². The fourth-order valence-corrected chi connectivity index (χ4v) is 3.44. The summed E-state index contributed by atoms with van der Waals surface area (Å²) in [5.74, 6) is -0.225. The first-order valence-corrected chi connectivity index (χ1v) is 8.30. The van der Waals surface area contributed by atoms with Gasteiger partial charge >= 0.3 is 5.97 Å². The van der Waals surface area contributed by atoms with Gasteiger partial charge in [-0.05, 0) is 31.4 Å². The van der Waals surface area contributed by atoms with Crippen molar-refractivity contribution in [1.29, 1.82) is 0 Å². The number of carboxylic acids is 1. The number of anilines is 1. The van der Waals surface area contributed by atoms with E-state index in [0.29, 0.717) is 24.5 Å². The first-order valence-electron chi connectivity index (χ1n) is 7.92. The number of amides is 1. The molecule has 1 N–H and O–H groups in total. The van der Waals surface area contributed by atoms with Crippen molar-refractivity contribution in [2.75, 3.05) is 31.1 Å². The van der Waals surface area contributed by atoms with Gasteiger partial charge in [0.25, 0.3) is 0 Å². The summed E-state index contributed by atoms with van der Waals surface area (Å²) in [6.07, 6.45) is 3.74. The van der Waals surface area contributed by atoms with Gasteiger partial charge in [-0.3, -0.25) is 9.59 Å². The fraction of sp³-hybridized carbons (Fsp3) is 0.562. The highest BCUT2D eigenvalue weighted by atomic mass is 35.5. The normalized spacial score (nSPS) is 22.4. The average Bonchev–Trinajstić information content (AvgIpc) is 3.05. The second kappa shape index (κ2) is 6.74. The second-order valence-electron chi connectivity index (χ2n) is 6.20. The standard InChI is InChI=1S/C16H20ClN3O3/c17-13-1-2-14(18-9-13)19-6-3-11(4-7-19)15(21)20-8-5-12(10-20)16(22)23/h1-2,9,11-12H,3-8,10H2,(H,22,23)/t12-/m1/s1. The molecule has 1 amide bonds. The molecular weight excluding hydrogens is 318 g/mol. The zero-order valence-corrected chi connectivity index (χ0v) is 13.6. The van der Waals surface area contributed by atoms with Gasteiger partial charge < -0.3 is 14.9 Å². The molecule has 0 spiro atoms. The van der Waals surface area contributed by atoms with E-state index in [1.165, 1.54) is 0 Å². The quantitative estimate of drug-likeness (QED) is 0.911. The smallest absolute Gasteiger partial charge is 0.308 e. The fourth-order valence-electron chi connectivity index (χ4n) is 3.33. The van der Waals surface area contributed by atoms with Crippen LogP contribution in [0.2, 0.25) is 5.02 Å². The zero-order valence-electron chi connectivity index (χ0n) is 12.8. The molecule has 0 bridgehead atoms. The van der Waals surface area contributed by atoms with Crippen LogP contribution < -0.4 is 4.90 Å². The molecule has 2 saturated heterocycles. The van der Waals surface area contributed by atoms with Crippen molar-refractivity contribution in [1.82, 2.24) is 9.88 Å². The van der Waals surface area contributed by atoms with E-state index in [2.05, 4.69) is 9.88 Å². The molecule has 2 fully saturated rings. The lowest BCUT2D eigenvalue weighted by Crippen LogP contribution is -2.42. The van der Waals surface area contributed by atoms with Crippen LogP contribution in [0.15, 0.2) is 18.3 Å². The molecule has 6 nitrogen and oxygen atoms in total. The Balaban J connectivity index is 1.53. The summed E-state index contributed by atoms with van der Waals surface area (Å²) >= 11 is 5.85. The van der Waals surface area contributed by atoms with Crippen LogP contribution in [0.3, 0.4) is 0 Å². The van der Waals surface area contributed by atoms with Crippen LogP contribution in [0.1, 0.15) is 19.3 Å². The molecule has 0 radical (unpaired) electrons. The number of hydrogen-bond acceptors (Lipinski definition) is 4. The third kappa shape index (κ3) is 3.58. The van der Waals surface area contributed by atoms with Crippen molar-refractivity contribution < 1.29 is 14.7 Å². The number of aliphatic carboxylic acids is 1. The van der Waals surface area contributed by atoms with Crippen molar-refractivity contribution >= 4 is 29.3 Å². The first kappa shape index (κ1) is 16.1. The number of halogens is 1. The SMILES string of the molecule is O=C(O)[C@@H]1CCN(C(=O)C2CCN(c3ccc(Cl)cn3)CC2)C1. The number of rotatable bonds is 3. The molecule has 3 rings (SSSR count). The summed E-state index contributed by atoms with van der Waals surface area (Å²) < 4.78 is 0. The van der Waals surface area contributed by atoms with Gasteiger partial charge in [-0.15, -0.1) is 0 Å². The minimum Gasteiger partial charge on any atom is -0.481 e. The van der Waals surface area contributed by atoms with Crippen molar-refractivity contribution in [2.45, 2.75) is 19.3 Å². The number of aromatic nitrogens is 1. The maximum atomic E-state index is 12.5. The molecule has 3 heterocycles. The van der Waals surface area contributed by atoms with Crippen LogP contribution in [0.25, 0.3) is 0 Å². The Kier molecular flexibility index (Phi) is 4.71. The van der Waals surface area contributed by atoms with Crippen molar-refractivity contribution in [2.24, 2.45) is 11.8 Å². The lowest BCUT2D eigenvalue weighted by molar-refractivity contribution is -0.141. The second-order valence-corrected chi connectivity index (χ2v) is 6.64. The van der Waals surface area contributed by atoms with Crippen LogP contribution in [0.4, 0.5) is 5.82 Å². The molecule has 124 valence electrons. The van der Waals surface area contributed by atoms with Crippen LogP contribution in [-0.2, 0) is 9.59 Å². The third-order valence-corrected chi connectivity index (χ3v) is 4.95. The van der Waals surface area contributed by atoms with E-state index in [-0.39, 0.29) is 11.8 Å². The van der Waals surface area contributed by atoms with Gasteiger partial charge in [0.05, 0.1) is 10.9 Å². The molecule has 0 saturated carbocycles. The summed E-state index contributed by atoms with van der Waals surface area (Å²) in [7, 11) is 0. The molecule has 0 unspecified atom stereocenters. The van der Waals surface area contributed by atoms with Crippen molar-refractivity contribution in [3.05, 3.63) is 23.4 Å². The number of nitrogens with zero attached hydrogens (tertiary/aromatic N) is 3. The van der Waals surface area contributed by atoms with Gasteiger partial charge in [0.1, 0.15) is 5.82 Å². The van der Waals surface area contributed by atoms with Gasteiger partial charge in [-0.1, -0.05) is 11.6 Å². The number of carbonyl (C=O) groups excluding carboxylic acids is 1. The van der Waals surface area contributed by atoms with Crippen molar-refractivity contribution in [3.8, 4) is 0 Å². The zero-order chi connectivity index (χ0) is 16.4. The first-order chi connectivity index (χ1) is 11.0. The van der Waals surface area contributed by atoms with E-state index < -0.39 is 11.9 Å². The van der Waals surface area contributed by atoms with Crippen LogP contribution in [-0.4, -0.2) is 53.0 Å². The number of carboxylic acid groups (broad SMARTS) is 1. The Labute approximate surface area is 140 Å². The Bertz CT molecular complexity index is 585. The van der Waals surface area contributed by atoms with Crippen LogP contribution in [0, 0.1) is 11.8 Å².